The van der Waals surface area contributed by atoms with Crippen LogP contribution >= 0.6 is 11.9 Å². The standard InChI is InChI=1S/C24H27F3N4S/c25-24(26,27)19-8-11-21(12-9-19)32-30-22-6-4-5-18-7-10-20(29-23(18)22)17-28-13-16-31-14-2-1-3-15-31/h4-12,28,30H,1-3,13-17H2. The van der Waals surface area contributed by atoms with Crippen LogP contribution in [0.1, 0.15) is 30.5 Å². The molecule has 1 aliphatic heterocycles. The van der Waals surface area contributed by atoms with Crippen molar-refractivity contribution in [3.05, 3.63) is 65.9 Å². The Morgan fingerprint density at radius 1 is 0.938 bits per heavy atom. The zero-order valence-corrected chi connectivity index (χ0v) is 18.6. The van der Waals surface area contributed by atoms with Gasteiger partial charge in [0, 0.05) is 29.9 Å². The van der Waals surface area contributed by atoms with E-state index >= 15 is 0 Å². The molecule has 0 bridgehead atoms. The van der Waals surface area contributed by atoms with Crippen molar-refractivity contribution < 1.29 is 13.2 Å². The minimum atomic E-state index is -4.33. The highest BCUT2D eigenvalue weighted by Gasteiger charge is 2.29. The van der Waals surface area contributed by atoms with E-state index in [1.807, 2.05) is 24.3 Å². The Labute approximate surface area is 190 Å². The zero-order valence-electron chi connectivity index (χ0n) is 17.8. The van der Waals surface area contributed by atoms with Gasteiger partial charge in [-0.2, -0.15) is 13.2 Å². The summed E-state index contributed by atoms with van der Waals surface area (Å²) in [7, 11) is 0. The predicted molar refractivity (Wildman–Crippen MR) is 125 cm³/mol. The number of hydrogen-bond acceptors (Lipinski definition) is 5. The van der Waals surface area contributed by atoms with Crippen LogP contribution in [0, 0.1) is 0 Å². The van der Waals surface area contributed by atoms with Crippen LogP contribution < -0.4 is 10.0 Å². The van der Waals surface area contributed by atoms with Gasteiger partial charge in [-0.1, -0.05) is 24.6 Å². The number of nitrogens with zero attached hydrogens (tertiary/aromatic N) is 2. The summed E-state index contributed by atoms with van der Waals surface area (Å²) in [5, 5.41) is 4.50. The van der Waals surface area contributed by atoms with E-state index in [4.69, 9.17) is 4.98 Å². The third-order valence-electron chi connectivity index (χ3n) is 5.60. The number of halogens is 3. The molecule has 0 unspecified atom stereocenters. The number of hydrogen-bond donors (Lipinski definition) is 2. The van der Waals surface area contributed by atoms with Gasteiger partial charge in [-0.3, -0.25) is 0 Å². The summed E-state index contributed by atoms with van der Waals surface area (Å²) in [5.41, 5.74) is 2.00. The highest BCUT2D eigenvalue weighted by molar-refractivity contribution is 8.00. The minimum absolute atomic E-state index is 0.647. The molecule has 2 N–H and O–H groups in total. The van der Waals surface area contributed by atoms with Gasteiger partial charge in [0.05, 0.1) is 22.5 Å². The van der Waals surface area contributed by atoms with Gasteiger partial charge in [-0.05, 0) is 74.3 Å². The first-order valence-electron chi connectivity index (χ1n) is 10.9. The average Bonchev–Trinajstić information content (AvgIpc) is 2.81. The molecule has 1 saturated heterocycles. The summed E-state index contributed by atoms with van der Waals surface area (Å²) >= 11 is 1.27. The van der Waals surface area contributed by atoms with Crippen molar-refractivity contribution in [2.45, 2.75) is 36.9 Å². The number of pyridine rings is 1. The number of nitrogens with one attached hydrogen (secondary N) is 2. The van der Waals surface area contributed by atoms with E-state index in [0.717, 1.165) is 47.5 Å². The lowest BCUT2D eigenvalue weighted by molar-refractivity contribution is -0.137. The van der Waals surface area contributed by atoms with Crippen LogP contribution in [0.4, 0.5) is 18.9 Å². The quantitative estimate of drug-likeness (QED) is 0.321. The van der Waals surface area contributed by atoms with Crippen LogP contribution in [0.3, 0.4) is 0 Å². The highest BCUT2D eigenvalue weighted by Crippen LogP contribution is 2.32. The molecule has 0 amide bonds. The number of aromatic nitrogens is 1. The number of anilines is 1. The maximum atomic E-state index is 12.8. The number of alkyl halides is 3. The van der Waals surface area contributed by atoms with Crippen molar-refractivity contribution in [3.8, 4) is 0 Å². The maximum Gasteiger partial charge on any atom is 0.416 e. The Kier molecular flexibility index (Phi) is 7.55. The largest absolute Gasteiger partial charge is 0.416 e. The lowest BCUT2D eigenvalue weighted by Gasteiger charge is -2.26. The second-order valence-corrected chi connectivity index (χ2v) is 8.86. The molecular formula is C24H27F3N4S. The van der Waals surface area contributed by atoms with Crippen molar-refractivity contribution in [2.24, 2.45) is 0 Å². The summed E-state index contributed by atoms with van der Waals surface area (Å²) < 4.78 is 41.5. The molecule has 4 rings (SSSR count). The van der Waals surface area contributed by atoms with E-state index in [9.17, 15) is 13.2 Å². The molecule has 3 aromatic rings. The lowest BCUT2D eigenvalue weighted by atomic mass is 10.1. The number of benzene rings is 2. The van der Waals surface area contributed by atoms with Gasteiger partial charge in [0.2, 0.25) is 0 Å². The van der Waals surface area contributed by atoms with Crippen molar-refractivity contribution in [3.63, 3.8) is 0 Å². The summed E-state index contributed by atoms with van der Waals surface area (Å²) in [4.78, 5) is 8.02. The molecule has 0 atom stereocenters. The number of likely N-dealkylation sites (tertiary alicyclic amines) is 1. The Morgan fingerprint density at radius 3 is 2.47 bits per heavy atom. The molecule has 1 aromatic heterocycles. The molecule has 1 aliphatic rings. The Balaban J connectivity index is 1.36. The van der Waals surface area contributed by atoms with Crippen molar-refractivity contribution in [1.29, 1.82) is 0 Å². The first-order valence-corrected chi connectivity index (χ1v) is 11.7. The topological polar surface area (TPSA) is 40.2 Å². The molecule has 170 valence electrons. The molecular weight excluding hydrogens is 433 g/mol. The average molecular weight is 461 g/mol. The summed E-state index contributed by atoms with van der Waals surface area (Å²) in [6.45, 7) is 5.08. The molecule has 0 saturated carbocycles. The van der Waals surface area contributed by atoms with Crippen LogP contribution in [0.25, 0.3) is 10.9 Å². The van der Waals surface area contributed by atoms with Crippen LogP contribution in [0.15, 0.2) is 59.5 Å². The summed E-state index contributed by atoms with van der Waals surface area (Å²) in [5.74, 6) is 0. The molecule has 2 heterocycles. The first kappa shape index (κ1) is 22.9. The monoisotopic (exact) mass is 460 g/mol. The number of fused-ring (bicyclic) bond motifs is 1. The molecule has 0 aliphatic carbocycles. The van der Waals surface area contributed by atoms with Crippen molar-refractivity contribution >= 4 is 28.5 Å². The van der Waals surface area contributed by atoms with Crippen molar-refractivity contribution in [2.75, 3.05) is 30.9 Å². The van der Waals surface area contributed by atoms with Crippen LogP contribution in [-0.4, -0.2) is 36.1 Å². The fourth-order valence-electron chi connectivity index (χ4n) is 3.83. The Hall–Kier alpha value is -2.29. The summed E-state index contributed by atoms with van der Waals surface area (Å²) in [6, 6.07) is 15.1. The Morgan fingerprint density at radius 2 is 1.72 bits per heavy atom. The number of rotatable bonds is 8. The smallest absolute Gasteiger partial charge is 0.324 e. The van der Waals surface area contributed by atoms with Gasteiger partial charge in [-0.25, -0.2) is 4.98 Å². The molecule has 4 nitrogen and oxygen atoms in total. The molecule has 0 spiro atoms. The van der Waals surface area contributed by atoms with Crippen LogP contribution in [-0.2, 0) is 12.7 Å². The molecule has 2 aromatic carbocycles. The van der Waals surface area contributed by atoms with Gasteiger partial charge in [0.15, 0.2) is 0 Å². The minimum Gasteiger partial charge on any atom is -0.324 e. The lowest BCUT2D eigenvalue weighted by Crippen LogP contribution is -2.35. The first-order chi connectivity index (χ1) is 15.5. The number of piperidine rings is 1. The van der Waals surface area contributed by atoms with E-state index < -0.39 is 11.7 Å². The van der Waals surface area contributed by atoms with E-state index in [1.54, 1.807) is 0 Å². The zero-order chi connectivity index (χ0) is 22.4. The molecule has 32 heavy (non-hydrogen) atoms. The second kappa shape index (κ2) is 10.6. The van der Waals surface area contributed by atoms with Gasteiger partial charge >= 0.3 is 6.18 Å². The van der Waals surface area contributed by atoms with E-state index in [2.05, 4.69) is 21.0 Å². The number of para-hydroxylation sites is 1. The normalized spacial score (nSPS) is 15.2. The third kappa shape index (κ3) is 6.15. The van der Waals surface area contributed by atoms with Gasteiger partial charge in [0.1, 0.15) is 0 Å². The van der Waals surface area contributed by atoms with Crippen LogP contribution in [0.2, 0.25) is 0 Å². The summed E-state index contributed by atoms with van der Waals surface area (Å²) in [6.07, 6.45) is -0.383. The Bertz CT molecular complexity index is 1020. The molecule has 1 fully saturated rings. The van der Waals surface area contributed by atoms with E-state index in [-0.39, 0.29) is 0 Å². The SMILES string of the molecule is FC(F)(F)c1ccc(SNc2cccc3ccc(CNCCN4CCCCC4)nc23)cc1. The second-order valence-electron chi connectivity index (χ2n) is 7.99. The van der Waals surface area contributed by atoms with Gasteiger partial charge in [-0.15, -0.1) is 0 Å². The fourth-order valence-corrected chi connectivity index (χ4v) is 4.50. The van der Waals surface area contributed by atoms with Crippen molar-refractivity contribution in [1.82, 2.24) is 15.2 Å². The fraction of sp³-hybridized carbons (Fsp3) is 0.375. The maximum absolute atomic E-state index is 12.8. The van der Waals surface area contributed by atoms with E-state index in [1.165, 1.54) is 56.4 Å². The molecule has 8 heteroatoms. The third-order valence-corrected chi connectivity index (χ3v) is 6.43. The van der Waals surface area contributed by atoms with Gasteiger partial charge in [0.25, 0.3) is 0 Å². The molecule has 0 radical (unpaired) electrons. The highest BCUT2D eigenvalue weighted by atomic mass is 32.2. The van der Waals surface area contributed by atoms with Gasteiger partial charge < -0.3 is 14.9 Å². The van der Waals surface area contributed by atoms with E-state index in [0.29, 0.717) is 11.4 Å². The predicted octanol–water partition coefficient (Wildman–Crippen LogP) is 5.95. The van der Waals surface area contributed by atoms with Crippen LogP contribution in [0.5, 0.6) is 0 Å².